The van der Waals surface area contributed by atoms with Gasteiger partial charge in [0.2, 0.25) is 0 Å². The van der Waals surface area contributed by atoms with Gasteiger partial charge in [0.05, 0.1) is 23.7 Å². The zero-order valence-electron chi connectivity index (χ0n) is 9.62. The molecule has 2 heteroatoms. The van der Waals surface area contributed by atoms with Crippen LogP contribution >= 0.6 is 0 Å². The monoisotopic (exact) mass is 210 g/mol. The molecule has 0 unspecified atom stereocenters. The molecule has 2 aromatic rings. The molecule has 0 amide bonds. The second kappa shape index (κ2) is 4.32. The quantitative estimate of drug-likeness (QED) is 0.763. The summed E-state index contributed by atoms with van der Waals surface area (Å²) in [4.78, 5) is 4.61. The molecule has 1 aromatic carbocycles. The summed E-state index contributed by atoms with van der Waals surface area (Å²) in [6, 6.07) is 10.5. The lowest BCUT2D eigenvalue weighted by Gasteiger charge is -2.07. The van der Waals surface area contributed by atoms with Crippen LogP contribution in [0.25, 0.3) is 10.9 Å². The van der Waals surface area contributed by atoms with E-state index >= 15 is 0 Å². The zero-order chi connectivity index (χ0) is 11.5. The molecule has 0 N–H and O–H groups in total. The van der Waals surface area contributed by atoms with Crippen LogP contribution in [0.2, 0.25) is 0 Å². The van der Waals surface area contributed by atoms with Crippen LogP contribution in [0, 0.1) is 18.3 Å². The van der Waals surface area contributed by atoms with E-state index in [1.54, 1.807) is 0 Å². The molecule has 2 nitrogen and oxygen atoms in total. The lowest BCUT2D eigenvalue weighted by Crippen LogP contribution is -1.96. The van der Waals surface area contributed by atoms with Gasteiger partial charge in [0.1, 0.15) is 0 Å². The van der Waals surface area contributed by atoms with Gasteiger partial charge in [0.15, 0.2) is 0 Å². The molecule has 80 valence electrons. The van der Waals surface area contributed by atoms with Crippen LogP contribution in [0.1, 0.15) is 23.7 Å². The number of aryl methyl sites for hydroxylation is 2. The van der Waals surface area contributed by atoms with E-state index in [1.165, 1.54) is 10.9 Å². The van der Waals surface area contributed by atoms with Gasteiger partial charge >= 0.3 is 0 Å². The van der Waals surface area contributed by atoms with Gasteiger partial charge in [0.25, 0.3) is 0 Å². The van der Waals surface area contributed by atoms with Gasteiger partial charge in [-0.1, -0.05) is 25.1 Å². The first kappa shape index (κ1) is 10.6. The number of hydrogen-bond acceptors (Lipinski definition) is 2. The van der Waals surface area contributed by atoms with Crippen molar-refractivity contribution in [3.8, 4) is 6.07 Å². The Morgan fingerprint density at radius 2 is 2.19 bits per heavy atom. The molecule has 0 saturated carbocycles. The third-order valence-corrected chi connectivity index (χ3v) is 2.85. The van der Waals surface area contributed by atoms with Crippen LogP contribution in [0.3, 0.4) is 0 Å². The summed E-state index contributed by atoms with van der Waals surface area (Å²) in [5.41, 5.74) is 4.29. The van der Waals surface area contributed by atoms with Crippen LogP contribution in [0.15, 0.2) is 24.3 Å². The average Bonchev–Trinajstić information content (AvgIpc) is 2.29. The van der Waals surface area contributed by atoms with Crippen LogP contribution < -0.4 is 0 Å². The van der Waals surface area contributed by atoms with E-state index < -0.39 is 0 Å². The molecule has 0 atom stereocenters. The Hall–Kier alpha value is -1.88. The van der Waals surface area contributed by atoms with Gasteiger partial charge in [-0.05, 0) is 30.5 Å². The van der Waals surface area contributed by atoms with E-state index in [4.69, 9.17) is 5.26 Å². The molecule has 1 heterocycles. The highest BCUT2D eigenvalue weighted by atomic mass is 14.7. The number of nitriles is 1. The second-order valence-corrected chi connectivity index (χ2v) is 3.93. The number of hydrogen-bond donors (Lipinski definition) is 0. The highest BCUT2D eigenvalue weighted by Gasteiger charge is 2.05. The maximum Gasteiger partial charge on any atom is 0.0777 e. The van der Waals surface area contributed by atoms with Crippen molar-refractivity contribution >= 4 is 10.9 Å². The molecule has 0 fully saturated rings. The minimum atomic E-state index is 0.389. The maximum absolute atomic E-state index is 8.75. The minimum Gasteiger partial charge on any atom is -0.251 e. The van der Waals surface area contributed by atoms with Crippen molar-refractivity contribution in [1.82, 2.24) is 4.98 Å². The zero-order valence-corrected chi connectivity index (χ0v) is 9.62. The van der Waals surface area contributed by atoms with E-state index in [0.717, 1.165) is 23.2 Å². The Balaban J connectivity index is 2.71. The first-order valence-electron chi connectivity index (χ1n) is 5.51. The lowest BCUT2D eigenvalue weighted by molar-refractivity contribution is 1.08. The molecular formula is C14H14N2. The van der Waals surface area contributed by atoms with Gasteiger partial charge < -0.3 is 0 Å². The van der Waals surface area contributed by atoms with Crippen molar-refractivity contribution in [2.75, 3.05) is 0 Å². The summed E-state index contributed by atoms with van der Waals surface area (Å²) in [6.07, 6.45) is 1.36. The molecule has 16 heavy (non-hydrogen) atoms. The summed E-state index contributed by atoms with van der Waals surface area (Å²) in [5, 5.41) is 9.92. The molecule has 0 aliphatic rings. The van der Waals surface area contributed by atoms with Crippen molar-refractivity contribution in [3.05, 3.63) is 41.1 Å². The van der Waals surface area contributed by atoms with Crippen LogP contribution in [0.4, 0.5) is 0 Å². The van der Waals surface area contributed by atoms with Gasteiger partial charge in [-0.3, -0.25) is 4.98 Å². The van der Waals surface area contributed by atoms with E-state index in [2.05, 4.69) is 42.2 Å². The topological polar surface area (TPSA) is 36.7 Å². The summed E-state index contributed by atoms with van der Waals surface area (Å²) in [5.74, 6) is 0. The first-order chi connectivity index (χ1) is 7.76. The summed E-state index contributed by atoms with van der Waals surface area (Å²) < 4.78 is 0. The molecule has 2 rings (SSSR count). The Morgan fingerprint density at radius 3 is 2.88 bits per heavy atom. The Labute approximate surface area is 95.6 Å². The Morgan fingerprint density at radius 1 is 1.38 bits per heavy atom. The summed E-state index contributed by atoms with van der Waals surface area (Å²) in [6.45, 7) is 4.14. The van der Waals surface area contributed by atoms with Crippen LogP contribution in [-0.4, -0.2) is 4.98 Å². The SMILES string of the molecule is CCc1cccc2cc(C)c(CC#N)nc12. The van der Waals surface area contributed by atoms with Crippen molar-refractivity contribution in [2.45, 2.75) is 26.7 Å². The fraction of sp³-hybridized carbons (Fsp3) is 0.286. The predicted octanol–water partition coefficient (Wildman–Crippen LogP) is 3.17. The number of nitrogens with zero attached hydrogens (tertiary/aromatic N) is 2. The predicted molar refractivity (Wildman–Crippen MR) is 65.2 cm³/mol. The highest BCUT2D eigenvalue weighted by Crippen LogP contribution is 2.20. The number of rotatable bonds is 2. The fourth-order valence-electron chi connectivity index (χ4n) is 1.94. The number of para-hydroxylation sites is 1. The number of benzene rings is 1. The van der Waals surface area contributed by atoms with E-state index in [-0.39, 0.29) is 0 Å². The molecule has 0 saturated heterocycles. The first-order valence-corrected chi connectivity index (χ1v) is 5.51. The normalized spacial score (nSPS) is 10.3. The standard InChI is InChI=1S/C14H14N2/c1-3-11-5-4-6-12-9-10(2)13(7-8-15)16-14(11)12/h4-6,9H,3,7H2,1-2H3. The summed E-state index contributed by atoms with van der Waals surface area (Å²) >= 11 is 0. The van der Waals surface area contributed by atoms with Crippen molar-refractivity contribution < 1.29 is 0 Å². The molecule has 0 bridgehead atoms. The maximum atomic E-state index is 8.75. The number of aromatic nitrogens is 1. The molecular weight excluding hydrogens is 196 g/mol. The molecule has 0 aliphatic carbocycles. The van der Waals surface area contributed by atoms with Crippen molar-refractivity contribution in [3.63, 3.8) is 0 Å². The van der Waals surface area contributed by atoms with Gasteiger partial charge in [-0.15, -0.1) is 0 Å². The second-order valence-electron chi connectivity index (χ2n) is 3.93. The third kappa shape index (κ3) is 1.77. The summed E-state index contributed by atoms with van der Waals surface area (Å²) in [7, 11) is 0. The lowest BCUT2D eigenvalue weighted by atomic mass is 10.0. The number of fused-ring (bicyclic) bond motifs is 1. The Kier molecular flexibility index (Phi) is 2.87. The smallest absolute Gasteiger partial charge is 0.0777 e. The van der Waals surface area contributed by atoms with E-state index in [0.29, 0.717) is 6.42 Å². The van der Waals surface area contributed by atoms with E-state index in [9.17, 15) is 0 Å². The van der Waals surface area contributed by atoms with E-state index in [1.807, 2.05) is 6.92 Å². The van der Waals surface area contributed by atoms with Crippen molar-refractivity contribution in [2.24, 2.45) is 0 Å². The fourth-order valence-corrected chi connectivity index (χ4v) is 1.94. The largest absolute Gasteiger partial charge is 0.251 e. The molecule has 0 aliphatic heterocycles. The number of pyridine rings is 1. The van der Waals surface area contributed by atoms with Gasteiger partial charge in [-0.25, -0.2) is 0 Å². The third-order valence-electron chi connectivity index (χ3n) is 2.85. The Bertz CT molecular complexity index is 565. The minimum absolute atomic E-state index is 0.389. The molecule has 0 spiro atoms. The van der Waals surface area contributed by atoms with Crippen LogP contribution in [-0.2, 0) is 12.8 Å². The highest BCUT2D eigenvalue weighted by molar-refractivity contribution is 5.82. The average molecular weight is 210 g/mol. The molecule has 0 radical (unpaired) electrons. The van der Waals surface area contributed by atoms with Crippen LogP contribution in [0.5, 0.6) is 0 Å². The van der Waals surface area contributed by atoms with Gasteiger partial charge in [-0.2, -0.15) is 5.26 Å². The molecule has 1 aromatic heterocycles. The van der Waals surface area contributed by atoms with Crippen molar-refractivity contribution in [1.29, 1.82) is 5.26 Å². The van der Waals surface area contributed by atoms with Gasteiger partial charge in [0, 0.05) is 5.39 Å².